The zero-order valence-corrected chi connectivity index (χ0v) is 7.27. The highest BCUT2D eigenvalue weighted by molar-refractivity contribution is 4.76. The average Bonchev–Trinajstić information content (AvgIpc) is 1.97. The summed E-state index contributed by atoms with van der Waals surface area (Å²) in [5.74, 6) is 0. The summed E-state index contributed by atoms with van der Waals surface area (Å²) in [6, 6.07) is 0. The zero-order valence-electron chi connectivity index (χ0n) is 7.27. The third kappa shape index (κ3) is 7.74. The molecular weight excluding hydrogens is 120 g/mol. The first-order valence-corrected chi connectivity index (χ1v) is 4.34. The fourth-order valence-electron chi connectivity index (χ4n) is 0.922. The Labute approximate surface area is 65.3 Å². The largest absolute Gasteiger partial charge is 0.0917 e. The molecule has 10 heavy (non-hydrogen) atoms. The molecule has 0 aliphatic carbocycles. The van der Waals surface area contributed by atoms with Gasteiger partial charge in [0.15, 0.2) is 0 Å². The number of unbranched alkanes of at least 4 members (excludes halogenated alkanes) is 5. The van der Waals surface area contributed by atoms with E-state index >= 15 is 0 Å². The highest BCUT2D eigenvalue weighted by Crippen LogP contribution is 2.03. The van der Waals surface area contributed by atoms with Crippen LogP contribution in [0.15, 0.2) is 12.2 Å². The van der Waals surface area contributed by atoms with Gasteiger partial charge in [0.25, 0.3) is 0 Å². The van der Waals surface area contributed by atoms with Crippen LogP contribution in [0.25, 0.3) is 0 Å². The summed E-state index contributed by atoms with van der Waals surface area (Å²) in [6.45, 7) is 4.28. The summed E-state index contributed by atoms with van der Waals surface area (Å²) >= 11 is 0. The van der Waals surface area contributed by atoms with Gasteiger partial charge < -0.3 is 0 Å². The highest BCUT2D eigenvalue weighted by atomic mass is 13.9. The van der Waals surface area contributed by atoms with Crippen molar-refractivity contribution in [3.8, 4) is 0 Å². The lowest BCUT2D eigenvalue weighted by molar-refractivity contribution is 0.723. The highest BCUT2D eigenvalue weighted by Gasteiger charge is 1.85. The Morgan fingerprint density at radius 3 is 2.40 bits per heavy atom. The topological polar surface area (TPSA) is 0 Å². The van der Waals surface area contributed by atoms with Crippen molar-refractivity contribution < 1.29 is 0 Å². The van der Waals surface area contributed by atoms with Gasteiger partial charge in [-0.05, 0) is 26.2 Å². The molecular formula is C10H19. The molecule has 0 heterocycles. The van der Waals surface area contributed by atoms with Gasteiger partial charge in [-0.2, -0.15) is 0 Å². The maximum atomic E-state index is 2.36. The van der Waals surface area contributed by atoms with E-state index in [1.54, 1.807) is 0 Å². The van der Waals surface area contributed by atoms with Gasteiger partial charge in [-0.15, -0.1) is 0 Å². The number of rotatable bonds is 6. The zero-order chi connectivity index (χ0) is 7.66. The molecule has 0 aromatic carbocycles. The molecule has 0 aliphatic heterocycles. The Morgan fingerprint density at radius 2 is 1.80 bits per heavy atom. The normalized spacial score (nSPS) is 11.0. The molecule has 0 bridgehead atoms. The molecule has 0 aromatic rings. The van der Waals surface area contributed by atoms with Crippen LogP contribution in [-0.4, -0.2) is 0 Å². The molecule has 0 atom stereocenters. The van der Waals surface area contributed by atoms with Gasteiger partial charge in [-0.25, -0.2) is 0 Å². The molecule has 0 saturated heterocycles. The van der Waals surface area contributed by atoms with Gasteiger partial charge in [0.2, 0.25) is 0 Å². The number of hydrogen-bond acceptors (Lipinski definition) is 0. The Hall–Kier alpha value is -0.260. The third-order valence-corrected chi connectivity index (χ3v) is 1.55. The van der Waals surface area contributed by atoms with Crippen LogP contribution in [-0.2, 0) is 0 Å². The Balaban J connectivity index is 2.77. The molecule has 0 unspecified atom stereocenters. The van der Waals surface area contributed by atoms with Gasteiger partial charge in [0.05, 0.1) is 0 Å². The molecule has 0 N–H and O–H groups in total. The van der Waals surface area contributed by atoms with Gasteiger partial charge in [0.1, 0.15) is 0 Å². The van der Waals surface area contributed by atoms with Crippen LogP contribution in [0.3, 0.4) is 0 Å². The minimum atomic E-state index is 1.23. The van der Waals surface area contributed by atoms with Crippen molar-refractivity contribution in [1.82, 2.24) is 0 Å². The fraction of sp³-hybridized carbons (Fsp3) is 0.700. The summed E-state index contributed by atoms with van der Waals surface area (Å²) in [5.41, 5.74) is 0. The van der Waals surface area contributed by atoms with Crippen molar-refractivity contribution in [3.05, 3.63) is 18.6 Å². The van der Waals surface area contributed by atoms with Crippen LogP contribution >= 0.6 is 0 Å². The summed E-state index contributed by atoms with van der Waals surface area (Å²) in [4.78, 5) is 0. The molecule has 1 radical (unpaired) electrons. The minimum Gasteiger partial charge on any atom is -0.0917 e. The molecule has 0 fully saturated rings. The predicted octanol–water partition coefficient (Wildman–Crippen LogP) is 3.74. The lowest BCUT2D eigenvalue weighted by atomic mass is 10.1. The lowest BCUT2D eigenvalue weighted by Gasteiger charge is -1.94. The monoisotopic (exact) mass is 139 g/mol. The minimum absolute atomic E-state index is 1.23. The smallest absolute Gasteiger partial charge is 0.0351 e. The lowest BCUT2D eigenvalue weighted by Crippen LogP contribution is -1.76. The van der Waals surface area contributed by atoms with Crippen LogP contribution in [0.1, 0.15) is 46.0 Å². The van der Waals surface area contributed by atoms with Crippen LogP contribution in [0.2, 0.25) is 0 Å². The fourth-order valence-corrected chi connectivity index (χ4v) is 0.922. The van der Waals surface area contributed by atoms with Crippen LogP contribution in [0.5, 0.6) is 0 Å². The van der Waals surface area contributed by atoms with E-state index in [9.17, 15) is 0 Å². The SMILES string of the molecule is CC=CCCCC[CH]CC. The molecule has 0 saturated carbocycles. The van der Waals surface area contributed by atoms with Crippen molar-refractivity contribution in [2.75, 3.05) is 0 Å². The second kappa shape index (κ2) is 8.74. The van der Waals surface area contributed by atoms with Crippen molar-refractivity contribution in [2.24, 2.45) is 0 Å². The van der Waals surface area contributed by atoms with Crippen molar-refractivity contribution in [2.45, 2.75) is 46.0 Å². The molecule has 0 aliphatic rings. The summed E-state index contributed by atoms with van der Waals surface area (Å²) in [7, 11) is 0. The average molecular weight is 139 g/mol. The van der Waals surface area contributed by atoms with Gasteiger partial charge in [0, 0.05) is 0 Å². The van der Waals surface area contributed by atoms with E-state index in [1.807, 2.05) is 0 Å². The Morgan fingerprint density at radius 1 is 1.10 bits per heavy atom. The second-order valence-corrected chi connectivity index (χ2v) is 2.55. The quantitative estimate of drug-likeness (QED) is 0.388. The summed E-state index contributed by atoms with van der Waals surface area (Å²) < 4.78 is 0. The van der Waals surface area contributed by atoms with E-state index < -0.39 is 0 Å². The Kier molecular flexibility index (Phi) is 8.51. The van der Waals surface area contributed by atoms with Gasteiger partial charge in [-0.3, -0.25) is 0 Å². The summed E-state index contributed by atoms with van der Waals surface area (Å²) in [5, 5.41) is 0. The maximum Gasteiger partial charge on any atom is -0.0351 e. The van der Waals surface area contributed by atoms with Gasteiger partial charge >= 0.3 is 0 Å². The van der Waals surface area contributed by atoms with E-state index in [-0.39, 0.29) is 0 Å². The standard InChI is InChI=1S/C10H19/c1-3-5-7-9-10-8-6-4-2/h3,5-6H,4,7-10H2,1-2H3. The number of hydrogen-bond donors (Lipinski definition) is 0. The van der Waals surface area contributed by atoms with Crippen molar-refractivity contribution in [3.63, 3.8) is 0 Å². The Bertz CT molecular complexity index is 72.1. The molecule has 0 amide bonds. The van der Waals surface area contributed by atoms with Gasteiger partial charge in [-0.1, -0.05) is 38.3 Å². The molecule has 0 spiro atoms. The maximum absolute atomic E-state index is 2.36. The first kappa shape index (κ1) is 9.74. The van der Waals surface area contributed by atoms with Crippen molar-refractivity contribution >= 4 is 0 Å². The molecule has 0 rings (SSSR count). The van der Waals surface area contributed by atoms with E-state index in [2.05, 4.69) is 32.4 Å². The first-order valence-electron chi connectivity index (χ1n) is 4.34. The van der Waals surface area contributed by atoms with E-state index in [0.717, 1.165) is 0 Å². The molecule has 0 heteroatoms. The van der Waals surface area contributed by atoms with Crippen LogP contribution in [0, 0.1) is 6.42 Å². The molecule has 59 valence electrons. The predicted molar refractivity (Wildman–Crippen MR) is 47.9 cm³/mol. The van der Waals surface area contributed by atoms with Crippen molar-refractivity contribution in [1.29, 1.82) is 0 Å². The first-order chi connectivity index (χ1) is 4.91. The van der Waals surface area contributed by atoms with Crippen LogP contribution in [0.4, 0.5) is 0 Å². The number of allylic oxidation sites excluding steroid dienone is 2. The van der Waals surface area contributed by atoms with E-state index in [0.29, 0.717) is 0 Å². The molecule has 0 nitrogen and oxygen atoms in total. The second-order valence-electron chi connectivity index (χ2n) is 2.55. The van der Waals surface area contributed by atoms with Crippen LogP contribution < -0.4 is 0 Å². The summed E-state index contributed by atoms with van der Waals surface area (Å²) in [6.07, 6.45) is 13.2. The molecule has 0 aromatic heterocycles. The third-order valence-electron chi connectivity index (χ3n) is 1.55. The van der Waals surface area contributed by atoms with E-state index in [4.69, 9.17) is 0 Å². The van der Waals surface area contributed by atoms with E-state index in [1.165, 1.54) is 32.1 Å².